The van der Waals surface area contributed by atoms with Crippen molar-refractivity contribution < 1.29 is 18.0 Å². The molecule has 0 aliphatic carbocycles. The van der Waals surface area contributed by atoms with Crippen molar-refractivity contribution in [3.05, 3.63) is 28.8 Å². The van der Waals surface area contributed by atoms with Crippen LogP contribution in [0, 0.1) is 0 Å². The number of carbonyl (C=O) groups excluding carboxylic acids is 2. The van der Waals surface area contributed by atoms with E-state index in [2.05, 4.69) is 17.0 Å². The van der Waals surface area contributed by atoms with Gasteiger partial charge in [0.15, 0.2) is 5.78 Å². The smallest absolute Gasteiger partial charge is 0.241 e. The fourth-order valence-corrected chi connectivity index (χ4v) is 4.18. The number of sulfonamides is 1. The van der Waals surface area contributed by atoms with Crippen molar-refractivity contribution in [2.45, 2.75) is 63.2 Å². The normalized spacial score (nSPS) is 11.4. The van der Waals surface area contributed by atoms with Crippen LogP contribution in [0.2, 0.25) is 5.02 Å². The number of rotatable bonds is 13. The van der Waals surface area contributed by atoms with Gasteiger partial charge in [-0.2, -0.15) is 0 Å². The van der Waals surface area contributed by atoms with Crippen LogP contribution in [-0.4, -0.2) is 33.7 Å². The number of nitrogens with one attached hydrogen (secondary N) is 2. The predicted molar refractivity (Wildman–Crippen MR) is 108 cm³/mol. The summed E-state index contributed by atoms with van der Waals surface area (Å²) in [4.78, 5) is 23.6. The van der Waals surface area contributed by atoms with Gasteiger partial charge < -0.3 is 5.32 Å². The highest BCUT2D eigenvalue weighted by atomic mass is 35.5. The minimum atomic E-state index is -3.86. The summed E-state index contributed by atoms with van der Waals surface area (Å²) in [6.07, 6.45) is 6.22. The molecule has 152 valence electrons. The third kappa shape index (κ3) is 8.41. The zero-order chi connectivity index (χ0) is 20.3. The summed E-state index contributed by atoms with van der Waals surface area (Å²) in [6.45, 7) is 2.46. The zero-order valence-corrected chi connectivity index (χ0v) is 17.6. The lowest BCUT2D eigenvalue weighted by atomic mass is 10.1. The summed E-state index contributed by atoms with van der Waals surface area (Å²) in [7, 11) is -2.37. The highest BCUT2D eigenvalue weighted by Crippen LogP contribution is 2.22. The third-order valence-electron chi connectivity index (χ3n) is 4.21. The van der Waals surface area contributed by atoms with Crippen LogP contribution in [0.5, 0.6) is 0 Å². The van der Waals surface area contributed by atoms with Crippen LogP contribution in [0.3, 0.4) is 0 Å². The lowest BCUT2D eigenvalue weighted by Crippen LogP contribution is -2.27. The molecule has 6 nitrogen and oxygen atoms in total. The Morgan fingerprint density at radius 3 is 2.37 bits per heavy atom. The molecular weight excluding hydrogens is 388 g/mol. The number of unbranched alkanes of at least 4 members (excludes halogenated alkanes) is 5. The molecule has 2 N–H and O–H groups in total. The Hall–Kier alpha value is -1.44. The molecule has 0 heterocycles. The topological polar surface area (TPSA) is 92.3 Å². The molecule has 0 fully saturated rings. The van der Waals surface area contributed by atoms with Gasteiger partial charge in [-0.25, -0.2) is 13.1 Å². The largest absolute Gasteiger partial charge is 0.359 e. The van der Waals surface area contributed by atoms with Crippen LogP contribution in [0.4, 0.5) is 0 Å². The molecule has 27 heavy (non-hydrogen) atoms. The number of hydrogen-bond donors (Lipinski definition) is 2. The molecule has 1 aromatic rings. The van der Waals surface area contributed by atoms with E-state index in [1.165, 1.54) is 31.7 Å². The van der Waals surface area contributed by atoms with E-state index >= 15 is 0 Å². The maximum Gasteiger partial charge on any atom is 0.241 e. The fraction of sp³-hybridized carbons (Fsp3) is 0.579. The SMILES string of the molecule is CCCCCCCCNS(=O)(=O)c1cc(Cl)ccc1C(=O)CCC(=O)NC. The van der Waals surface area contributed by atoms with E-state index in [0.717, 1.165) is 32.1 Å². The quantitative estimate of drug-likeness (QED) is 0.379. The average molecular weight is 417 g/mol. The van der Waals surface area contributed by atoms with E-state index in [1.807, 2.05) is 0 Å². The minimum Gasteiger partial charge on any atom is -0.359 e. The summed E-state index contributed by atoms with van der Waals surface area (Å²) in [5.74, 6) is -0.682. The molecule has 0 bridgehead atoms. The molecular formula is C19H29ClN2O4S. The average Bonchev–Trinajstić information content (AvgIpc) is 2.64. The Balaban J connectivity index is 2.76. The first-order valence-corrected chi connectivity index (χ1v) is 11.2. The molecule has 8 heteroatoms. The van der Waals surface area contributed by atoms with Crippen molar-refractivity contribution in [1.29, 1.82) is 0 Å². The van der Waals surface area contributed by atoms with Gasteiger partial charge in [0.2, 0.25) is 15.9 Å². The molecule has 0 atom stereocenters. The summed E-state index contributed by atoms with van der Waals surface area (Å²) >= 11 is 5.94. The highest BCUT2D eigenvalue weighted by molar-refractivity contribution is 7.89. The van der Waals surface area contributed by atoms with E-state index in [1.54, 1.807) is 0 Å². The summed E-state index contributed by atoms with van der Waals surface area (Å²) in [5, 5.41) is 2.67. The van der Waals surface area contributed by atoms with Crippen LogP contribution in [0.25, 0.3) is 0 Å². The Bertz CT molecular complexity index is 735. The molecule has 1 amide bonds. The lowest BCUT2D eigenvalue weighted by molar-refractivity contribution is -0.120. The van der Waals surface area contributed by atoms with Crippen molar-refractivity contribution in [2.24, 2.45) is 0 Å². The molecule has 1 rings (SSSR count). The molecule has 0 aliphatic heterocycles. The van der Waals surface area contributed by atoms with Gasteiger partial charge >= 0.3 is 0 Å². The number of ketones is 1. The number of hydrogen-bond acceptors (Lipinski definition) is 4. The third-order valence-corrected chi connectivity index (χ3v) is 5.95. The van der Waals surface area contributed by atoms with E-state index in [9.17, 15) is 18.0 Å². The number of amides is 1. The van der Waals surface area contributed by atoms with Gasteiger partial charge in [0.25, 0.3) is 0 Å². The van der Waals surface area contributed by atoms with E-state index in [0.29, 0.717) is 6.54 Å². The number of carbonyl (C=O) groups is 2. The Morgan fingerprint density at radius 2 is 1.70 bits per heavy atom. The van der Waals surface area contributed by atoms with Gasteiger partial charge in [-0.05, 0) is 24.6 Å². The Kier molecular flexibility index (Phi) is 10.6. The molecule has 1 aromatic carbocycles. The molecule has 0 aromatic heterocycles. The van der Waals surface area contributed by atoms with Gasteiger partial charge in [-0.3, -0.25) is 9.59 Å². The standard InChI is InChI=1S/C19H29ClN2O4S/c1-3-4-5-6-7-8-13-22-27(25,26)18-14-15(20)9-10-16(18)17(23)11-12-19(24)21-2/h9-10,14,22H,3-8,11-13H2,1-2H3,(H,21,24). The van der Waals surface area contributed by atoms with Crippen molar-refractivity contribution in [1.82, 2.24) is 10.0 Å². The minimum absolute atomic E-state index is 0.00262. The second-order valence-corrected chi connectivity index (χ2v) is 8.57. The monoisotopic (exact) mass is 416 g/mol. The first-order valence-electron chi connectivity index (χ1n) is 9.34. The lowest BCUT2D eigenvalue weighted by Gasteiger charge is -2.11. The van der Waals surface area contributed by atoms with Crippen LogP contribution in [0.15, 0.2) is 23.1 Å². The van der Waals surface area contributed by atoms with Gasteiger partial charge in [0, 0.05) is 37.0 Å². The maximum absolute atomic E-state index is 12.6. The van der Waals surface area contributed by atoms with Crippen molar-refractivity contribution in [2.75, 3.05) is 13.6 Å². The number of Topliss-reactive ketones (excluding diaryl/α,β-unsaturated/α-hetero) is 1. The molecule has 0 aliphatic rings. The van der Waals surface area contributed by atoms with Gasteiger partial charge in [0.1, 0.15) is 0 Å². The van der Waals surface area contributed by atoms with Gasteiger partial charge in [0.05, 0.1) is 4.90 Å². The number of halogens is 1. The number of benzene rings is 1. The molecule has 0 unspecified atom stereocenters. The van der Waals surface area contributed by atoms with E-state index < -0.39 is 15.8 Å². The molecule has 0 saturated carbocycles. The van der Waals surface area contributed by atoms with Crippen LogP contribution in [0.1, 0.15) is 68.6 Å². The summed E-state index contributed by atoms with van der Waals surface area (Å²) in [6, 6.07) is 4.15. The maximum atomic E-state index is 12.6. The van der Waals surface area contributed by atoms with Crippen molar-refractivity contribution in [3.8, 4) is 0 Å². The Labute approximate surface area is 167 Å². The van der Waals surface area contributed by atoms with Crippen LogP contribution in [-0.2, 0) is 14.8 Å². The van der Waals surface area contributed by atoms with E-state index in [4.69, 9.17) is 11.6 Å². The summed E-state index contributed by atoms with van der Waals surface area (Å²) in [5.41, 5.74) is 0.0544. The van der Waals surface area contributed by atoms with Crippen molar-refractivity contribution in [3.63, 3.8) is 0 Å². The molecule has 0 spiro atoms. The van der Waals surface area contributed by atoms with Crippen LogP contribution < -0.4 is 10.0 Å². The molecule has 0 radical (unpaired) electrons. The van der Waals surface area contributed by atoms with Gasteiger partial charge in [-0.15, -0.1) is 0 Å². The van der Waals surface area contributed by atoms with Gasteiger partial charge in [-0.1, -0.05) is 50.6 Å². The first-order chi connectivity index (χ1) is 12.8. The zero-order valence-electron chi connectivity index (χ0n) is 16.0. The highest BCUT2D eigenvalue weighted by Gasteiger charge is 2.23. The fourth-order valence-electron chi connectivity index (χ4n) is 2.63. The first kappa shape index (κ1) is 23.6. The summed E-state index contributed by atoms with van der Waals surface area (Å²) < 4.78 is 27.8. The predicted octanol–water partition coefficient (Wildman–Crippen LogP) is 3.69. The van der Waals surface area contributed by atoms with Crippen LogP contribution >= 0.6 is 11.6 Å². The second-order valence-electron chi connectivity index (χ2n) is 6.40. The van der Waals surface area contributed by atoms with Crippen molar-refractivity contribution >= 4 is 33.3 Å². The second kappa shape index (κ2) is 12.1. The Morgan fingerprint density at radius 1 is 1.04 bits per heavy atom. The van der Waals surface area contributed by atoms with E-state index in [-0.39, 0.29) is 34.2 Å². The molecule has 0 saturated heterocycles.